The Hall–Kier alpha value is -0.520. The van der Waals surface area contributed by atoms with Crippen molar-refractivity contribution in [2.24, 2.45) is 5.92 Å². The molecule has 0 aliphatic carbocycles. The fraction of sp³-hybridized carbons (Fsp3) is 0.600. The molecule has 0 aromatic carbocycles. The maximum Gasteiger partial charge on any atom is 0.190 e. The van der Waals surface area contributed by atoms with Gasteiger partial charge in [0.1, 0.15) is 11.0 Å². The van der Waals surface area contributed by atoms with Gasteiger partial charge in [0, 0.05) is 6.07 Å². The van der Waals surface area contributed by atoms with Gasteiger partial charge in [0.05, 0.1) is 12.6 Å². The smallest absolute Gasteiger partial charge is 0.190 e. The number of hydrogen-bond donors (Lipinski definition) is 2. The Bertz CT molecular complexity index is 349. The maximum atomic E-state index is 9.21. The summed E-state index contributed by atoms with van der Waals surface area (Å²) in [6.45, 7) is 4.13. The molecular formula is C10H16ClN3OS. The Kier molecular flexibility index (Phi) is 5.31. The topological polar surface area (TPSA) is 58.0 Å². The van der Waals surface area contributed by atoms with Gasteiger partial charge in [0.25, 0.3) is 0 Å². The molecule has 4 nitrogen and oxygen atoms in total. The molecule has 0 aliphatic heterocycles. The summed E-state index contributed by atoms with van der Waals surface area (Å²) in [6.07, 6.45) is 1.89. The predicted octanol–water partition coefficient (Wildman–Crippen LogP) is 2.28. The Morgan fingerprint density at radius 2 is 2.19 bits per heavy atom. The van der Waals surface area contributed by atoms with Crippen LogP contribution >= 0.6 is 23.4 Å². The fourth-order valence-corrected chi connectivity index (χ4v) is 1.79. The standard InChI is InChI=1S/C10H16ClN3OS/c1-6(2)7(5-15)12-9-4-8(11)13-10(14-9)16-3/h4,6-7,15H,5H2,1-3H3,(H,12,13,14). The number of rotatable bonds is 5. The van der Waals surface area contributed by atoms with Crippen molar-refractivity contribution in [2.45, 2.75) is 25.0 Å². The quantitative estimate of drug-likeness (QED) is 0.484. The van der Waals surface area contributed by atoms with E-state index in [0.717, 1.165) is 0 Å². The highest BCUT2D eigenvalue weighted by Crippen LogP contribution is 2.18. The molecule has 0 bridgehead atoms. The summed E-state index contributed by atoms with van der Waals surface area (Å²) in [6, 6.07) is 1.63. The third-order valence-corrected chi connectivity index (χ3v) is 2.93. The molecular weight excluding hydrogens is 246 g/mol. The molecule has 0 fully saturated rings. The highest BCUT2D eigenvalue weighted by atomic mass is 35.5. The molecule has 0 radical (unpaired) electrons. The lowest BCUT2D eigenvalue weighted by molar-refractivity contribution is 0.249. The minimum Gasteiger partial charge on any atom is -0.394 e. The third-order valence-electron chi connectivity index (χ3n) is 2.19. The van der Waals surface area contributed by atoms with Gasteiger partial charge in [-0.3, -0.25) is 0 Å². The largest absolute Gasteiger partial charge is 0.394 e. The van der Waals surface area contributed by atoms with Gasteiger partial charge in [0.2, 0.25) is 0 Å². The number of halogens is 1. The van der Waals surface area contributed by atoms with E-state index in [4.69, 9.17) is 11.6 Å². The number of thioether (sulfide) groups is 1. The average Bonchev–Trinajstić information content (AvgIpc) is 2.24. The minimum atomic E-state index is -0.0272. The second-order valence-electron chi connectivity index (χ2n) is 3.74. The van der Waals surface area contributed by atoms with Gasteiger partial charge in [-0.25, -0.2) is 9.97 Å². The van der Waals surface area contributed by atoms with E-state index < -0.39 is 0 Å². The molecule has 1 aromatic heterocycles. The number of anilines is 1. The van der Waals surface area contributed by atoms with Crippen LogP contribution in [0.3, 0.4) is 0 Å². The first kappa shape index (κ1) is 13.5. The van der Waals surface area contributed by atoms with Crippen LogP contribution in [0, 0.1) is 5.92 Å². The highest BCUT2D eigenvalue weighted by molar-refractivity contribution is 7.98. The molecule has 0 aliphatic rings. The van der Waals surface area contributed by atoms with Crippen molar-refractivity contribution in [1.29, 1.82) is 0 Å². The second-order valence-corrected chi connectivity index (χ2v) is 4.90. The first-order valence-electron chi connectivity index (χ1n) is 5.02. The zero-order chi connectivity index (χ0) is 12.1. The molecule has 90 valence electrons. The first-order valence-corrected chi connectivity index (χ1v) is 6.63. The number of aliphatic hydroxyl groups excluding tert-OH is 1. The molecule has 1 heterocycles. The van der Waals surface area contributed by atoms with Crippen molar-refractivity contribution in [3.8, 4) is 0 Å². The molecule has 0 amide bonds. The number of nitrogens with zero attached hydrogens (tertiary/aromatic N) is 2. The van der Waals surface area contributed by atoms with Gasteiger partial charge in [-0.2, -0.15) is 0 Å². The van der Waals surface area contributed by atoms with Crippen LogP contribution in [0.2, 0.25) is 5.15 Å². The number of nitrogens with one attached hydrogen (secondary N) is 1. The zero-order valence-corrected chi connectivity index (χ0v) is 11.1. The van der Waals surface area contributed by atoms with E-state index in [-0.39, 0.29) is 12.6 Å². The number of aliphatic hydroxyl groups is 1. The summed E-state index contributed by atoms with van der Waals surface area (Å²) >= 11 is 7.30. The van der Waals surface area contributed by atoms with Crippen molar-refractivity contribution >= 4 is 29.2 Å². The molecule has 1 rings (SSSR count). The predicted molar refractivity (Wildman–Crippen MR) is 68.2 cm³/mol. The summed E-state index contributed by atoms with van der Waals surface area (Å²) in [5.74, 6) is 0.966. The lowest BCUT2D eigenvalue weighted by Gasteiger charge is -2.20. The van der Waals surface area contributed by atoms with Crippen LogP contribution < -0.4 is 5.32 Å². The lowest BCUT2D eigenvalue weighted by atomic mass is 10.1. The first-order chi connectivity index (χ1) is 7.56. The average molecular weight is 262 g/mol. The van der Waals surface area contributed by atoms with Crippen LogP contribution in [0.4, 0.5) is 5.82 Å². The molecule has 2 N–H and O–H groups in total. The van der Waals surface area contributed by atoms with E-state index in [1.54, 1.807) is 6.07 Å². The Balaban J connectivity index is 2.83. The van der Waals surface area contributed by atoms with Crippen LogP contribution in [0.1, 0.15) is 13.8 Å². The van der Waals surface area contributed by atoms with E-state index in [2.05, 4.69) is 15.3 Å². The van der Waals surface area contributed by atoms with Gasteiger partial charge >= 0.3 is 0 Å². The van der Waals surface area contributed by atoms with Gasteiger partial charge in [-0.1, -0.05) is 37.2 Å². The van der Waals surface area contributed by atoms with Crippen LogP contribution in [-0.2, 0) is 0 Å². The van der Waals surface area contributed by atoms with Crippen molar-refractivity contribution < 1.29 is 5.11 Å². The monoisotopic (exact) mass is 261 g/mol. The van der Waals surface area contributed by atoms with Crippen molar-refractivity contribution in [3.63, 3.8) is 0 Å². The molecule has 0 spiro atoms. The van der Waals surface area contributed by atoms with E-state index in [9.17, 15) is 5.11 Å². The van der Waals surface area contributed by atoms with E-state index in [0.29, 0.717) is 22.0 Å². The molecule has 0 saturated carbocycles. The SMILES string of the molecule is CSc1nc(Cl)cc(NC(CO)C(C)C)n1. The molecule has 0 saturated heterocycles. The molecule has 1 atom stereocenters. The second kappa shape index (κ2) is 6.27. The van der Waals surface area contributed by atoms with Gasteiger partial charge in [0.15, 0.2) is 5.16 Å². The van der Waals surface area contributed by atoms with E-state index in [1.165, 1.54) is 11.8 Å². The molecule has 6 heteroatoms. The normalized spacial score (nSPS) is 12.9. The summed E-state index contributed by atoms with van der Waals surface area (Å²) in [4.78, 5) is 8.31. The van der Waals surface area contributed by atoms with Crippen molar-refractivity contribution in [3.05, 3.63) is 11.2 Å². The Morgan fingerprint density at radius 1 is 1.50 bits per heavy atom. The summed E-state index contributed by atoms with van der Waals surface area (Å²) in [5.41, 5.74) is 0. The zero-order valence-electron chi connectivity index (χ0n) is 9.57. The molecule has 16 heavy (non-hydrogen) atoms. The van der Waals surface area contributed by atoms with Crippen LogP contribution in [0.5, 0.6) is 0 Å². The minimum absolute atomic E-state index is 0.0272. The molecule has 1 unspecified atom stereocenters. The summed E-state index contributed by atoms with van der Waals surface area (Å²) in [5, 5.41) is 13.4. The molecule has 1 aromatic rings. The van der Waals surface area contributed by atoms with E-state index in [1.807, 2.05) is 20.1 Å². The number of hydrogen-bond acceptors (Lipinski definition) is 5. The van der Waals surface area contributed by atoms with Crippen LogP contribution in [-0.4, -0.2) is 34.0 Å². The van der Waals surface area contributed by atoms with Crippen molar-refractivity contribution in [1.82, 2.24) is 9.97 Å². The van der Waals surface area contributed by atoms with E-state index >= 15 is 0 Å². The highest BCUT2D eigenvalue weighted by Gasteiger charge is 2.13. The summed E-state index contributed by atoms with van der Waals surface area (Å²) < 4.78 is 0. The maximum absolute atomic E-state index is 9.21. The van der Waals surface area contributed by atoms with Crippen molar-refractivity contribution in [2.75, 3.05) is 18.2 Å². The lowest BCUT2D eigenvalue weighted by Crippen LogP contribution is -2.29. The van der Waals surface area contributed by atoms with Gasteiger partial charge < -0.3 is 10.4 Å². The van der Waals surface area contributed by atoms with Crippen LogP contribution in [0.15, 0.2) is 11.2 Å². The third kappa shape index (κ3) is 3.81. The van der Waals surface area contributed by atoms with Gasteiger partial charge in [-0.05, 0) is 12.2 Å². The fourth-order valence-electron chi connectivity index (χ4n) is 1.18. The Morgan fingerprint density at radius 3 is 2.69 bits per heavy atom. The van der Waals surface area contributed by atoms with Gasteiger partial charge in [-0.15, -0.1) is 0 Å². The number of aromatic nitrogens is 2. The summed E-state index contributed by atoms with van der Waals surface area (Å²) in [7, 11) is 0. The van der Waals surface area contributed by atoms with Crippen LogP contribution in [0.25, 0.3) is 0 Å². The Labute approximate surface area is 105 Å².